The lowest BCUT2D eigenvalue weighted by Crippen LogP contribution is -2.29. The molecule has 1 aromatic rings. The van der Waals surface area contributed by atoms with Crippen molar-refractivity contribution in [1.82, 2.24) is 9.88 Å². The lowest BCUT2D eigenvalue weighted by atomic mass is 9.98. The van der Waals surface area contributed by atoms with E-state index in [-0.39, 0.29) is 0 Å². The minimum Gasteiger partial charge on any atom is -0.326 e. The van der Waals surface area contributed by atoms with E-state index in [1.807, 2.05) is 6.20 Å². The maximum Gasteiger partial charge on any atom is 0.0960 e. The third-order valence-electron chi connectivity index (χ3n) is 2.84. The summed E-state index contributed by atoms with van der Waals surface area (Å²) in [6.45, 7) is 3.02. The van der Waals surface area contributed by atoms with Crippen molar-refractivity contribution >= 4 is 11.3 Å². The Bertz CT molecular complexity index is 289. The molecule has 0 atom stereocenters. The van der Waals surface area contributed by atoms with Crippen LogP contribution in [0.3, 0.4) is 0 Å². The molecular weight excluding hydrogens is 194 g/mol. The molecule has 2 N–H and O–H groups in total. The zero-order valence-electron chi connectivity index (χ0n) is 8.57. The van der Waals surface area contributed by atoms with Crippen LogP contribution in [0, 0.1) is 0 Å². The van der Waals surface area contributed by atoms with Crippen LogP contribution in [0.1, 0.15) is 28.6 Å². The van der Waals surface area contributed by atoms with Crippen molar-refractivity contribution in [3.05, 3.63) is 16.1 Å². The molecule has 1 aliphatic heterocycles. The van der Waals surface area contributed by atoms with E-state index < -0.39 is 0 Å². The maximum absolute atomic E-state index is 5.58. The first-order chi connectivity index (χ1) is 6.79. The largest absolute Gasteiger partial charge is 0.326 e. The van der Waals surface area contributed by atoms with Crippen LogP contribution in [0.2, 0.25) is 0 Å². The molecule has 2 heterocycles. The SMILES string of the molecule is CN1CCC(c2ncc(CN)s2)CC1. The number of piperidine rings is 1. The van der Waals surface area contributed by atoms with Gasteiger partial charge in [0.25, 0.3) is 0 Å². The average molecular weight is 211 g/mol. The van der Waals surface area contributed by atoms with Crippen molar-refractivity contribution in [1.29, 1.82) is 0 Å². The first-order valence-electron chi connectivity index (χ1n) is 5.13. The van der Waals surface area contributed by atoms with Gasteiger partial charge in [-0.3, -0.25) is 0 Å². The van der Waals surface area contributed by atoms with E-state index >= 15 is 0 Å². The van der Waals surface area contributed by atoms with Crippen LogP contribution >= 0.6 is 11.3 Å². The highest BCUT2D eigenvalue weighted by Gasteiger charge is 2.20. The predicted octanol–water partition coefficient (Wildman–Crippen LogP) is 1.41. The van der Waals surface area contributed by atoms with E-state index in [2.05, 4.69) is 16.9 Å². The summed E-state index contributed by atoms with van der Waals surface area (Å²) >= 11 is 1.79. The number of rotatable bonds is 2. The quantitative estimate of drug-likeness (QED) is 0.804. The van der Waals surface area contributed by atoms with Crippen LogP contribution in [-0.2, 0) is 6.54 Å². The smallest absolute Gasteiger partial charge is 0.0960 e. The molecule has 1 fully saturated rings. The van der Waals surface area contributed by atoms with Crippen LogP contribution in [0.4, 0.5) is 0 Å². The molecule has 4 heteroatoms. The maximum atomic E-state index is 5.58. The third-order valence-corrected chi connectivity index (χ3v) is 4.02. The van der Waals surface area contributed by atoms with Crippen LogP contribution in [0.5, 0.6) is 0 Å². The summed E-state index contributed by atoms with van der Waals surface area (Å²) in [5.74, 6) is 0.677. The molecule has 1 saturated heterocycles. The summed E-state index contributed by atoms with van der Waals surface area (Å²) in [6.07, 6.45) is 4.42. The zero-order valence-corrected chi connectivity index (χ0v) is 9.39. The van der Waals surface area contributed by atoms with E-state index in [0.29, 0.717) is 12.5 Å². The van der Waals surface area contributed by atoms with Gasteiger partial charge in [-0.2, -0.15) is 0 Å². The van der Waals surface area contributed by atoms with Gasteiger partial charge >= 0.3 is 0 Å². The Morgan fingerprint density at radius 1 is 1.57 bits per heavy atom. The lowest BCUT2D eigenvalue weighted by Gasteiger charge is -2.27. The van der Waals surface area contributed by atoms with Gasteiger partial charge in [0.05, 0.1) is 5.01 Å². The molecule has 0 amide bonds. The number of likely N-dealkylation sites (tertiary alicyclic amines) is 1. The molecule has 0 aliphatic carbocycles. The molecule has 3 nitrogen and oxygen atoms in total. The van der Waals surface area contributed by atoms with Gasteiger partial charge in [0.1, 0.15) is 0 Å². The number of aromatic nitrogens is 1. The van der Waals surface area contributed by atoms with Crippen molar-refractivity contribution in [2.45, 2.75) is 25.3 Å². The molecule has 2 rings (SSSR count). The predicted molar refractivity (Wildman–Crippen MR) is 59.5 cm³/mol. The third kappa shape index (κ3) is 2.13. The lowest BCUT2D eigenvalue weighted by molar-refractivity contribution is 0.255. The van der Waals surface area contributed by atoms with Gasteiger partial charge < -0.3 is 10.6 Å². The van der Waals surface area contributed by atoms with Gasteiger partial charge in [0.15, 0.2) is 0 Å². The Morgan fingerprint density at radius 2 is 2.29 bits per heavy atom. The van der Waals surface area contributed by atoms with Crippen LogP contribution < -0.4 is 5.73 Å². The van der Waals surface area contributed by atoms with Crippen molar-refractivity contribution in [2.75, 3.05) is 20.1 Å². The second-order valence-electron chi connectivity index (χ2n) is 3.95. The van der Waals surface area contributed by atoms with Crippen LogP contribution in [0.25, 0.3) is 0 Å². The summed E-state index contributed by atoms with van der Waals surface area (Å²) in [4.78, 5) is 8.05. The number of hydrogen-bond donors (Lipinski definition) is 1. The van der Waals surface area contributed by atoms with E-state index in [0.717, 1.165) is 0 Å². The van der Waals surface area contributed by atoms with E-state index in [1.54, 1.807) is 11.3 Å². The standard InChI is InChI=1S/C10H17N3S/c1-13-4-2-8(3-5-13)10-12-7-9(6-11)14-10/h7-8H,2-6,11H2,1H3. The minimum atomic E-state index is 0.629. The van der Waals surface area contributed by atoms with Crippen molar-refractivity contribution < 1.29 is 0 Å². The van der Waals surface area contributed by atoms with Crippen LogP contribution in [0.15, 0.2) is 6.20 Å². The fourth-order valence-corrected chi connectivity index (χ4v) is 2.83. The molecular formula is C10H17N3S. The fraction of sp³-hybridized carbons (Fsp3) is 0.700. The first kappa shape index (κ1) is 10.1. The number of thiazole rings is 1. The molecule has 0 spiro atoms. The van der Waals surface area contributed by atoms with E-state index in [1.165, 1.54) is 35.8 Å². The number of nitrogens with two attached hydrogens (primary N) is 1. The second kappa shape index (κ2) is 4.38. The molecule has 0 aromatic carbocycles. The van der Waals surface area contributed by atoms with Crippen molar-refractivity contribution in [3.63, 3.8) is 0 Å². The molecule has 1 aromatic heterocycles. The summed E-state index contributed by atoms with van der Waals surface area (Å²) in [5, 5.41) is 1.29. The summed E-state index contributed by atoms with van der Waals surface area (Å²) in [7, 11) is 2.18. The average Bonchev–Trinajstić information content (AvgIpc) is 2.67. The van der Waals surface area contributed by atoms with Gasteiger partial charge in [0.2, 0.25) is 0 Å². The second-order valence-corrected chi connectivity index (χ2v) is 5.09. The Kier molecular flexibility index (Phi) is 3.15. The van der Waals surface area contributed by atoms with Crippen molar-refractivity contribution in [3.8, 4) is 0 Å². The van der Waals surface area contributed by atoms with Gasteiger partial charge in [0, 0.05) is 23.5 Å². The number of hydrogen-bond acceptors (Lipinski definition) is 4. The Balaban J connectivity index is 2.01. The summed E-state index contributed by atoms with van der Waals surface area (Å²) in [6, 6.07) is 0. The van der Waals surface area contributed by atoms with Gasteiger partial charge in [-0.25, -0.2) is 4.98 Å². The molecule has 14 heavy (non-hydrogen) atoms. The van der Waals surface area contributed by atoms with E-state index in [4.69, 9.17) is 5.73 Å². The van der Waals surface area contributed by atoms with Gasteiger partial charge in [-0.1, -0.05) is 0 Å². The Morgan fingerprint density at radius 3 is 2.86 bits per heavy atom. The topological polar surface area (TPSA) is 42.2 Å². The normalized spacial score (nSPS) is 20.1. The molecule has 0 unspecified atom stereocenters. The zero-order chi connectivity index (χ0) is 9.97. The van der Waals surface area contributed by atoms with E-state index in [9.17, 15) is 0 Å². The van der Waals surface area contributed by atoms with Crippen molar-refractivity contribution in [2.24, 2.45) is 5.73 Å². The first-order valence-corrected chi connectivity index (χ1v) is 5.94. The highest BCUT2D eigenvalue weighted by Crippen LogP contribution is 2.30. The molecule has 0 saturated carbocycles. The molecule has 0 bridgehead atoms. The minimum absolute atomic E-state index is 0.629. The highest BCUT2D eigenvalue weighted by atomic mass is 32.1. The van der Waals surface area contributed by atoms with Gasteiger partial charge in [-0.05, 0) is 33.0 Å². The number of nitrogens with zero attached hydrogens (tertiary/aromatic N) is 2. The highest BCUT2D eigenvalue weighted by molar-refractivity contribution is 7.11. The molecule has 1 aliphatic rings. The fourth-order valence-electron chi connectivity index (χ4n) is 1.86. The van der Waals surface area contributed by atoms with Gasteiger partial charge in [-0.15, -0.1) is 11.3 Å². The monoisotopic (exact) mass is 211 g/mol. The Labute approximate surface area is 88.9 Å². The Hall–Kier alpha value is -0.450. The van der Waals surface area contributed by atoms with Crippen LogP contribution in [-0.4, -0.2) is 30.0 Å². The molecule has 0 radical (unpaired) electrons. The summed E-state index contributed by atoms with van der Waals surface area (Å²) in [5.41, 5.74) is 5.58. The molecule has 78 valence electrons. The summed E-state index contributed by atoms with van der Waals surface area (Å²) < 4.78 is 0.